The highest BCUT2D eigenvalue weighted by Crippen LogP contribution is 2.18. The highest BCUT2D eigenvalue weighted by molar-refractivity contribution is 7.98. The number of aliphatic carboxylic acids is 2. The van der Waals surface area contributed by atoms with Crippen LogP contribution in [0.3, 0.4) is 0 Å². The van der Waals surface area contributed by atoms with E-state index in [0.717, 1.165) is 11.8 Å². The molecule has 0 aromatic heterocycles. The van der Waals surface area contributed by atoms with Crippen molar-refractivity contribution >= 4 is 35.3 Å². The number of hydrogen-bond acceptors (Lipinski definition) is 8. The minimum absolute atomic E-state index is 0.0974. The van der Waals surface area contributed by atoms with Crippen molar-refractivity contribution in [3.05, 3.63) is 39.9 Å². The van der Waals surface area contributed by atoms with Gasteiger partial charge in [-0.05, 0) is 5.56 Å². The molecule has 0 saturated carbocycles. The third-order valence-electron chi connectivity index (χ3n) is 2.45. The molecule has 0 aliphatic rings. The molecule has 118 valence electrons. The van der Waals surface area contributed by atoms with Gasteiger partial charge in [-0.2, -0.15) is 11.8 Å². The van der Waals surface area contributed by atoms with Crippen molar-refractivity contribution in [3.8, 4) is 0 Å². The maximum atomic E-state index is 10.9. The fourth-order valence-corrected chi connectivity index (χ4v) is 2.43. The summed E-state index contributed by atoms with van der Waals surface area (Å²) < 4.78 is 0. The second-order valence-corrected chi connectivity index (χ2v) is 5.10. The van der Waals surface area contributed by atoms with Gasteiger partial charge in [-0.15, -0.1) is 0 Å². The second kappa shape index (κ2) is 7.98. The zero-order chi connectivity index (χ0) is 16.7. The Morgan fingerprint density at radius 3 is 2.50 bits per heavy atom. The first kappa shape index (κ1) is 17.4. The van der Waals surface area contributed by atoms with E-state index >= 15 is 0 Å². The predicted molar refractivity (Wildman–Crippen MR) is 71.2 cm³/mol. The number of nitro benzene ring substituents is 1. The van der Waals surface area contributed by atoms with Crippen molar-refractivity contribution in [2.24, 2.45) is 0 Å². The number of nitrogens with one attached hydrogen (secondary N) is 1. The number of nitrogens with zero attached hydrogens (tertiary/aromatic N) is 1. The van der Waals surface area contributed by atoms with Crippen LogP contribution in [0.4, 0.5) is 5.69 Å². The zero-order valence-corrected chi connectivity index (χ0v) is 11.8. The molecule has 0 spiro atoms. The number of nitro groups is 1. The number of carboxylic acids is 2. The maximum absolute atomic E-state index is 10.9. The van der Waals surface area contributed by atoms with Gasteiger partial charge in [-0.3, -0.25) is 14.9 Å². The molecule has 0 bridgehead atoms. The molecule has 0 aliphatic heterocycles. The van der Waals surface area contributed by atoms with Gasteiger partial charge in [-0.25, -0.2) is 0 Å². The SMILES string of the molecule is O=C([O-])C(=O)N[C@@H](CSCc1cccc([N+](=O)[O-])c1)C(=O)[O-]. The van der Waals surface area contributed by atoms with E-state index in [1.165, 1.54) is 18.2 Å². The van der Waals surface area contributed by atoms with Crippen LogP contribution < -0.4 is 15.5 Å². The summed E-state index contributed by atoms with van der Waals surface area (Å²) in [7, 11) is 0. The van der Waals surface area contributed by atoms with Crippen LogP contribution in [0.15, 0.2) is 24.3 Å². The first-order valence-corrected chi connectivity index (χ1v) is 7.00. The topological polar surface area (TPSA) is 152 Å². The van der Waals surface area contributed by atoms with Gasteiger partial charge in [0.2, 0.25) is 0 Å². The van der Waals surface area contributed by atoms with Gasteiger partial charge >= 0.3 is 0 Å². The molecule has 0 aliphatic carbocycles. The van der Waals surface area contributed by atoms with E-state index in [4.69, 9.17) is 0 Å². The molecule has 1 rings (SSSR count). The highest BCUT2D eigenvalue weighted by Gasteiger charge is 2.14. The van der Waals surface area contributed by atoms with E-state index in [0.29, 0.717) is 5.56 Å². The van der Waals surface area contributed by atoms with E-state index in [1.807, 2.05) is 0 Å². The Kier molecular flexibility index (Phi) is 6.32. The lowest BCUT2D eigenvalue weighted by Crippen LogP contribution is -2.53. The van der Waals surface area contributed by atoms with Crippen molar-refractivity contribution in [1.82, 2.24) is 5.32 Å². The summed E-state index contributed by atoms with van der Waals surface area (Å²) in [5.74, 6) is -5.15. The monoisotopic (exact) mass is 326 g/mol. The Hall–Kier alpha value is -2.62. The molecule has 0 fully saturated rings. The number of non-ortho nitro benzene ring substituents is 1. The van der Waals surface area contributed by atoms with E-state index in [1.54, 1.807) is 11.4 Å². The van der Waals surface area contributed by atoms with Gasteiger partial charge in [0.25, 0.3) is 11.6 Å². The van der Waals surface area contributed by atoms with Gasteiger partial charge in [0.1, 0.15) is 5.97 Å². The maximum Gasteiger partial charge on any atom is 0.269 e. The van der Waals surface area contributed by atoms with Gasteiger partial charge in [-0.1, -0.05) is 12.1 Å². The molecular weight excluding hydrogens is 316 g/mol. The second-order valence-electron chi connectivity index (χ2n) is 4.07. The predicted octanol–water partition coefficient (Wildman–Crippen LogP) is -2.19. The van der Waals surface area contributed by atoms with E-state index in [-0.39, 0.29) is 17.2 Å². The first-order chi connectivity index (χ1) is 10.3. The van der Waals surface area contributed by atoms with Gasteiger partial charge < -0.3 is 25.1 Å². The number of thioether (sulfide) groups is 1. The molecule has 1 aromatic rings. The summed E-state index contributed by atoms with van der Waals surface area (Å²) in [4.78, 5) is 42.0. The zero-order valence-electron chi connectivity index (χ0n) is 11.0. The Labute approximate surface area is 128 Å². The summed E-state index contributed by atoms with van der Waals surface area (Å²) in [5, 5.41) is 33.4. The number of rotatable bonds is 7. The molecule has 0 unspecified atom stereocenters. The molecule has 22 heavy (non-hydrogen) atoms. The fourth-order valence-electron chi connectivity index (χ4n) is 1.44. The lowest BCUT2D eigenvalue weighted by atomic mass is 10.2. The first-order valence-electron chi connectivity index (χ1n) is 5.85. The summed E-state index contributed by atoms with van der Waals surface area (Å²) >= 11 is 1.05. The molecular formula is C12H10N2O7S-2. The van der Waals surface area contributed by atoms with Crippen LogP contribution in [0.25, 0.3) is 0 Å². The molecule has 0 radical (unpaired) electrons. The van der Waals surface area contributed by atoms with Crippen LogP contribution in [0.2, 0.25) is 0 Å². The van der Waals surface area contributed by atoms with Crippen molar-refractivity contribution in [2.75, 3.05) is 5.75 Å². The average Bonchev–Trinajstić information content (AvgIpc) is 2.46. The third-order valence-corrected chi connectivity index (χ3v) is 3.56. The number of amides is 1. The van der Waals surface area contributed by atoms with Crippen molar-refractivity contribution < 1.29 is 29.5 Å². The normalized spacial score (nSPS) is 11.5. The highest BCUT2D eigenvalue weighted by atomic mass is 32.2. The van der Waals surface area contributed by atoms with Crippen LogP contribution >= 0.6 is 11.8 Å². The lowest BCUT2D eigenvalue weighted by molar-refractivity contribution is -0.384. The van der Waals surface area contributed by atoms with E-state index in [2.05, 4.69) is 0 Å². The van der Waals surface area contributed by atoms with Gasteiger partial charge in [0.15, 0.2) is 0 Å². The molecule has 1 aromatic carbocycles. The van der Waals surface area contributed by atoms with Crippen LogP contribution in [0, 0.1) is 10.1 Å². The number of carbonyl (C=O) groups excluding carboxylic acids is 3. The molecule has 10 heteroatoms. The fraction of sp³-hybridized carbons (Fsp3) is 0.250. The minimum Gasteiger partial charge on any atom is -0.548 e. The smallest absolute Gasteiger partial charge is 0.269 e. The Morgan fingerprint density at radius 1 is 1.27 bits per heavy atom. The number of hydrogen-bond donors (Lipinski definition) is 1. The Bertz CT molecular complexity index is 605. The van der Waals surface area contributed by atoms with E-state index < -0.39 is 28.8 Å². The Morgan fingerprint density at radius 2 is 1.95 bits per heavy atom. The summed E-state index contributed by atoms with van der Waals surface area (Å²) in [6.07, 6.45) is 0. The number of carbonyl (C=O) groups is 3. The average molecular weight is 326 g/mol. The largest absolute Gasteiger partial charge is 0.548 e. The molecule has 0 heterocycles. The van der Waals surface area contributed by atoms with E-state index in [9.17, 15) is 34.7 Å². The van der Waals surface area contributed by atoms with Crippen LogP contribution in [-0.2, 0) is 20.1 Å². The molecule has 1 amide bonds. The van der Waals surface area contributed by atoms with Crippen molar-refractivity contribution in [2.45, 2.75) is 11.8 Å². The van der Waals surface area contributed by atoms with Crippen molar-refractivity contribution in [1.29, 1.82) is 0 Å². The lowest BCUT2D eigenvalue weighted by Gasteiger charge is -2.19. The Balaban J connectivity index is 2.58. The molecule has 0 saturated heterocycles. The van der Waals surface area contributed by atoms with Gasteiger partial charge in [0.05, 0.1) is 16.9 Å². The minimum atomic E-state index is -2.05. The van der Waals surface area contributed by atoms with Crippen LogP contribution in [0.1, 0.15) is 5.56 Å². The van der Waals surface area contributed by atoms with Crippen molar-refractivity contribution in [3.63, 3.8) is 0 Å². The molecule has 1 N–H and O–H groups in total. The molecule has 1 atom stereocenters. The number of benzene rings is 1. The molecule has 9 nitrogen and oxygen atoms in total. The quantitative estimate of drug-likeness (QED) is 0.337. The van der Waals surface area contributed by atoms with Gasteiger partial charge in [0, 0.05) is 23.6 Å². The third kappa shape index (κ3) is 5.40. The van der Waals surface area contributed by atoms with Crippen LogP contribution in [-0.4, -0.2) is 34.6 Å². The van der Waals surface area contributed by atoms with Crippen LogP contribution in [0.5, 0.6) is 0 Å². The number of carboxylic acid groups (broad SMARTS) is 2. The summed E-state index contributed by atoms with van der Waals surface area (Å²) in [5.41, 5.74) is 0.488. The standard InChI is InChI=1S/C12H12N2O7S/c15-10(12(18)19)13-9(11(16)17)6-22-5-7-2-1-3-8(4-7)14(20)21/h1-4,9H,5-6H2,(H,13,15)(H,16,17)(H,18,19)/p-2/t9-/m0/s1. The summed E-state index contributed by atoms with van der Waals surface area (Å²) in [6, 6.07) is 4.25. The summed E-state index contributed by atoms with van der Waals surface area (Å²) in [6.45, 7) is 0.